The summed E-state index contributed by atoms with van der Waals surface area (Å²) in [5, 5.41) is 2.58. The van der Waals surface area contributed by atoms with Gasteiger partial charge in [-0.15, -0.1) is 0 Å². The van der Waals surface area contributed by atoms with Crippen LogP contribution in [0.5, 0.6) is 0 Å². The number of nitrogens with one attached hydrogen (secondary N) is 1. The molecule has 18 heavy (non-hydrogen) atoms. The number of ether oxygens (including phenoxy) is 1. The van der Waals surface area contributed by atoms with Gasteiger partial charge in [0.05, 0.1) is 12.2 Å². The summed E-state index contributed by atoms with van der Waals surface area (Å²) in [6.07, 6.45) is 0.438. The molecule has 2 amide bonds. The molecule has 0 saturated carbocycles. The fraction of sp³-hybridized carbons (Fsp3) is 0.692. The summed E-state index contributed by atoms with van der Waals surface area (Å²) in [4.78, 5) is 24.8. The molecule has 1 rings (SSSR count). The van der Waals surface area contributed by atoms with Crippen LogP contribution < -0.4 is 5.32 Å². The molecule has 5 heteroatoms. The topological polar surface area (TPSA) is 58.6 Å². The quantitative estimate of drug-likeness (QED) is 0.728. The third-order valence-corrected chi connectivity index (χ3v) is 2.64. The molecule has 1 heterocycles. The van der Waals surface area contributed by atoms with E-state index >= 15 is 0 Å². The Kier molecular flexibility index (Phi) is 5.66. The summed E-state index contributed by atoms with van der Waals surface area (Å²) in [7, 11) is 0. The molecule has 0 radical (unpaired) electrons. The monoisotopic (exact) mass is 252 g/mol. The molecule has 0 aliphatic carbocycles. The van der Waals surface area contributed by atoms with Crippen LogP contribution in [0.1, 0.15) is 27.2 Å². The summed E-state index contributed by atoms with van der Waals surface area (Å²) < 4.78 is 5.56. The van der Waals surface area contributed by atoms with Gasteiger partial charge in [0.15, 0.2) is 0 Å². The number of amides is 2. The second-order valence-electron chi connectivity index (χ2n) is 4.44. The standard InChI is InChI=1S/C13H20N2O3/c1-4-5-12(16)14-7-6-13(17)15-8-10(2)18-11(3)9-15/h10-11H,6-9H2,1-3H3,(H,14,16)/t10-,11+. The minimum Gasteiger partial charge on any atom is -0.372 e. The van der Waals surface area contributed by atoms with Crippen LogP contribution in [0.2, 0.25) is 0 Å². The van der Waals surface area contributed by atoms with Gasteiger partial charge in [-0.2, -0.15) is 0 Å². The van der Waals surface area contributed by atoms with Crippen molar-refractivity contribution in [3.63, 3.8) is 0 Å². The molecule has 5 nitrogen and oxygen atoms in total. The molecule has 0 aromatic rings. The van der Waals surface area contributed by atoms with E-state index in [2.05, 4.69) is 17.2 Å². The summed E-state index contributed by atoms with van der Waals surface area (Å²) in [5.41, 5.74) is 0. The zero-order valence-electron chi connectivity index (χ0n) is 11.2. The molecule has 0 aromatic carbocycles. The van der Waals surface area contributed by atoms with E-state index in [1.807, 2.05) is 13.8 Å². The predicted molar refractivity (Wildman–Crippen MR) is 67.7 cm³/mol. The molecular formula is C13H20N2O3. The zero-order valence-corrected chi connectivity index (χ0v) is 11.2. The maximum atomic E-state index is 11.9. The van der Waals surface area contributed by atoms with Crippen molar-refractivity contribution in [1.29, 1.82) is 0 Å². The molecule has 1 fully saturated rings. The molecule has 100 valence electrons. The summed E-state index contributed by atoms with van der Waals surface area (Å²) in [6.45, 7) is 7.06. The number of hydrogen-bond acceptors (Lipinski definition) is 3. The fourth-order valence-corrected chi connectivity index (χ4v) is 1.98. The van der Waals surface area contributed by atoms with Crippen molar-refractivity contribution in [2.45, 2.75) is 39.4 Å². The lowest BCUT2D eigenvalue weighted by Crippen LogP contribution is -2.48. The Morgan fingerprint density at radius 2 is 1.94 bits per heavy atom. The van der Waals surface area contributed by atoms with Crippen LogP contribution in [-0.2, 0) is 14.3 Å². The molecule has 1 saturated heterocycles. The number of carbonyl (C=O) groups excluding carboxylic acids is 2. The van der Waals surface area contributed by atoms with Gasteiger partial charge in [-0.05, 0) is 26.7 Å². The van der Waals surface area contributed by atoms with Crippen molar-refractivity contribution in [1.82, 2.24) is 10.2 Å². The first-order valence-corrected chi connectivity index (χ1v) is 6.16. The minimum atomic E-state index is -0.339. The molecule has 2 atom stereocenters. The molecule has 0 bridgehead atoms. The zero-order chi connectivity index (χ0) is 13.5. The summed E-state index contributed by atoms with van der Waals surface area (Å²) in [5.74, 6) is 4.58. The van der Waals surface area contributed by atoms with E-state index < -0.39 is 0 Å². The first kappa shape index (κ1) is 14.5. The van der Waals surface area contributed by atoms with Crippen molar-refractivity contribution in [2.24, 2.45) is 0 Å². The number of nitrogens with zero attached hydrogens (tertiary/aromatic N) is 1. The predicted octanol–water partition coefficient (Wildman–Crippen LogP) is 0.152. The molecule has 0 spiro atoms. The average molecular weight is 252 g/mol. The van der Waals surface area contributed by atoms with E-state index in [4.69, 9.17) is 4.74 Å². The number of rotatable bonds is 3. The fourth-order valence-electron chi connectivity index (χ4n) is 1.98. The van der Waals surface area contributed by atoms with Gasteiger partial charge in [0.25, 0.3) is 5.91 Å². The highest BCUT2D eigenvalue weighted by Gasteiger charge is 2.25. The largest absolute Gasteiger partial charge is 0.372 e. The molecule has 1 aliphatic rings. The molecule has 0 unspecified atom stereocenters. The van der Waals surface area contributed by atoms with Gasteiger partial charge in [0.2, 0.25) is 5.91 Å². The maximum absolute atomic E-state index is 11.9. The van der Waals surface area contributed by atoms with E-state index in [0.29, 0.717) is 26.1 Å². The summed E-state index contributed by atoms with van der Waals surface area (Å²) in [6, 6.07) is 0. The van der Waals surface area contributed by atoms with Crippen LogP contribution in [0.25, 0.3) is 0 Å². The van der Waals surface area contributed by atoms with Gasteiger partial charge in [-0.3, -0.25) is 9.59 Å². The van der Waals surface area contributed by atoms with E-state index in [0.717, 1.165) is 0 Å². The number of hydrogen-bond donors (Lipinski definition) is 1. The van der Waals surface area contributed by atoms with E-state index in [-0.39, 0.29) is 24.0 Å². The Morgan fingerprint density at radius 1 is 1.33 bits per heavy atom. The van der Waals surface area contributed by atoms with Gasteiger partial charge in [-0.25, -0.2) is 0 Å². The molecular weight excluding hydrogens is 232 g/mol. The smallest absolute Gasteiger partial charge is 0.295 e. The first-order chi connectivity index (χ1) is 8.52. The Balaban J connectivity index is 2.31. The first-order valence-electron chi connectivity index (χ1n) is 6.16. The van der Waals surface area contributed by atoms with Crippen molar-refractivity contribution in [3.8, 4) is 11.8 Å². The maximum Gasteiger partial charge on any atom is 0.295 e. The van der Waals surface area contributed by atoms with Gasteiger partial charge < -0.3 is 15.0 Å². The summed E-state index contributed by atoms with van der Waals surface area (Å²) >= 11 is 0. The van der Waals surface area contributed by atoms with E-state index in [9.17, 15) is 9.59 Å². The molecule has 1 N–H and O–H groups in total. The van der Waals surface area contributed by atoms with Gasteiger partial charge in [0.1, 0.15) is 0 Å². The third-order valence-electron chi connectivity index (χ3n) is 2.64. The second kappa shape index (κ2) is 7.02. The lowest BCUT2D eigenvalue weighted by molar-refractivity contribution is -0.143. The van der Waals surface area contributed by atoms with Crippen molar-refractivity contribution < 1.29 is 14.3 Å². The Labute approximate surface area is 108 Å². The van der Waals surface area contributed by atoms with Crippen LogP contribution in [0.15, 0.2) is 0 Å². The molecule has 1 aliphatic heterocycles. The average Bonchev–Trinajstić information content (AvgIpc) is 2.27. The van der Waals surface area contributed by atoms with Crippen LogP contribution in [0, 0.1) is 11.8 Å². The number of carbonyl (C=O) groups is 2. The highest BCUT2D eigenvalue weighted by molar-refractivity contribution is 5.93. The van der Waals surface area contributed by atoms with E-state index in [1.54, 1.807) is 11.8 Å². The minimum absolute atomic E-state index is 0.0433. The second-order valence-corrected chi connectivity index (χ2v) is 4.44. The Hall–Kier alpha value is -1.54. The van der Waals surface area contributed by atoms with E-state index in [1.165, 1.54) is 0 Å². The van der Waals surface area contributed by atoms with Crippen LogP contribution in [0.4, 0.5) is 0 Å². The van der Waals surface area contributed by atoms with Crippen molar-refractivity contribution in [3.05, 3.63) is 0 Å². The Morgan fingerprint density at radius 3 is 2.50 bits per heavy atom. The lowest BCUT2D eigenvalue weighted by atomic mass is 10.2. The third kappa shape index (κ3) is 4.76. The van der Waals surface area contributed by atoms with Gasteiger partial charge in [0, 0.05) is 26.1 Å². The highest BCUT2D eigenvalue weighted by Crippen LogP contribution is 2.11. The van der Waals surface area contributed by atoms with Crippen molar-refractivity contribution >= 4 is 11.8 Å². The van der Waals surface area contributed by atoms with Crippen molar-refractivity contribution in [2.75, 3.05) is 19.6 Å². The highest BCUT2D eigenvalue weighted by atomic mass is 16.5. The SMILES string of the molecule is CC#CC(=O)NCCC(=O)N1C[C@@H](C)O[C@@H](C)C1. The van der Waals surface area contributed by atoms with Crippen LogP contribution in [-0.4, -0.2) is 48.6 Å². The van der Waals surface area contributed by atoms with Crippen LogP contribution in [0.3, 0.4) is 0 Å². The van der Waals surface area contributed by atoms with Gasteiger partial charge >= 0.3 is 0 Å². The molecule has 0 aromatic heterocycles. The Bertz CT molecular complexity index is 360. The van der Waals surface area contributed by atoms with Crippen LogP contribution >= 0.6 is 0 Å². The normalized spacial score (nSPS) is 22.9. The van der Waals surface area contributed by atoms with Gasteiger partial charge in [-0.1, -0.05) is 5.92 Å². The lowest BCUT2D eigenvalue weighted by Gasteiger charge is -2.35. The number of morpholine rings is 1.